The summed E-state index contributed by atoms with van der Waals surface area (Å²) >= 11 is 0. The van der Waals surface area contributed by atoms with Gasteiger partial charge in [-0.05, 0) is 12.5 Å². The van der Waals surface area contributed by atoms with Crippen LogP contribution in [0.2, 0.25) is 0 Å². The summed E-state index contributed by atoms with van der Waals surface area (Å²) < 4.78 is 0. The largest absolute Gasteiger partial charge is 0.396 e. The number of isocyanates is 1. The fraction of sp³-hybridized carbons (Fsp3) is 0.182. The van der Waals surface area contributed by atoms with E-state index in [4.69, 9.17) is 5.11 Å². The first-order chi connectivity index (χ1) is 6.88. The van der Waals surface area contributed by atoms with E-state index >= 15 is 0 Å². The second-order valence-corrected chi connectivity index (χ2v) is 2.68. The summed E-state index contributed by atoms with van der Waals surface area (Å²) in [6.07, 6.45) is 5.76. The third-order valence-corrected chi connectivity index (χ3v) is 1.70. The molecular formula is C11H11NO2. The number of hydrogen-bond donors (Lipinski definition) is 1. The zero-order valence-corrected chi connectivity index (χ0v) is 7.68. The highest BCUT2D eigenvalue weighted by Gasteiger charge is 1.94. The summed E-state index contributed by atoms with van der Waals surface area (Å²) in [4.78, 5) is 13.7. The van der Waals surface area contributed by atoms with E-state index in [0.717, 1.165) is 5.56 Å². The molecule has 0 unspecified atom stereocenters. The summed E-state index contributed by atoms with van der Waals surface area (Å²) in [6, 6.07) is 7.26. The average molecular weight is 189 g/mol. The van der Waals surface area contributed by atoms with Crippen molar-refractivity contribution in [3.05, 3.63) is 35.9 Å². The number of rotatable bonds is 4. The van der Waals surface area contributed by atoms with E-state index in [-0.39, 0.29) is 6.61 Å². The molecule has 0 spiro atoms. The van der Waals surface area contributed by atoms with Gasteiger partial charge in [0.05, 0.1) is 5.69 Å². The Balaban J connectivity index is 2.89. The lowest BCUT2D eigenvalue weighted by molar-refractivity contribution is 0.303. The topological polar surface area (TPSA) is 49.7 Å². The smallest absolute Gasteiger partial charge is 0.240 e. The fourth-order valence-corrected chi connectivity index (χ4v) is 1.06. The molecule has 72 valence electrons. The van der Waals surface area contributed by atoms with Crippen LogP contribution in [-0.2, 0) is 4.79 Å². The fourth-order valence-electron chi connectivity index (χ4n) is 1.06. The van der Waals surface area contributed by atoms with Crippen LogP contribution in [0.15, 0.2) is 35.3 Å². The molecule has 1 aromatic carbocycles. The zero-order chi connectivity index (χ0) is 10.2. The number of aliphatic hydroxyl groups excluding tert-OH is 1. The first kappa shape index (κ1) is 10.4. The van der Waals surface area contributed by atoms with Crippen molar-refractivity contribution in [3.63, 3.8) is 0 Å². The average Bonchev–Trinajstić information content (AvgIpc) is 2.21. The molecule has 0 aliphatic heterocycles. The van der Waals surface area contributed by atoms with E-state index in [1.807, 2.05) is 24.3 Å². The molecule has 3 heteroatoms. The van der Waals surface area contributed by atoms with Crippen LogP contribution in [0.25, 0.3) is 6.08 Å². The van der Waals surface area contributed by atoms with Crippen molar-refractivity contribution in [3.8, 4) is 0 Å². The Kier molecular flexibility index (Phi) is 4.35. The van der Waals surface area contributed by atoms with Gasteiger partial charge in [-0.1, -0.05) is 30.4 Å². The Morgan fingerprint density at radius 1 is 1.43 bits per heavy atom. The molecule has 0 bridgehead atoms. The van der Waals surface area contributed by atoms with Gasteiger partial charge in [0, 0.05) is 12.2 Å². The molecular weight excluding hydrogens is 178 g/mol. The van der Waals surface area contributed by atoms with Crippen LogP contribution < -0.4 is 0 Å². The highest BCUT2D eigenvalue weighted by Crippen LogP contribution is 2.19. The summed E-state index contributed by atoms with van der Waals surface area (Å²) in [5.41, 5.74) is 1.45. The summed E-state index contributed by atoms with van der Waals surface area (Å²) in [6.45, 7) is 0.121. The highest BCUT2D eigenvalue weighted by atomic mass is 16.2. The predicted molar refractivity (Wildman–Crippen MR) is 55.0 cm³/mol. The number of carbonyl (C=O) groups excluding carboxylic acids is 1. The second kappa shape index (κ2) is 5.86. The minimum atomic E-state index is 0.121. The third-order valence-electron chi connectivity index (χ3n) is 1.70. The van der Waals surface area contributed by atoms with Crippen molar-refractivity contribution in [2.24, 2.45) is 4.99 Å². The van der Waals surface area contributed by atoms with Crippen LogP contribution in [0.4, 0.5) is 5.69 Å². The third kappa shape index (κ3) is 2.98. The van der Waals surface area contributed by atoms with Crippen LogP contribution in [0.5, 0.6) is 0 Å². The van der Waals surface area contributed by atoms with Gasteiger partial charge < -0.3 is 5.11 Å². The van der Waals surface area contributed by atoms with Gasteiger partial charge in [-0.15, -0.1) is 0 Å². The Hall–Kier alpha value is -1.70. The molecule has 1 aromatic rings. The quantitative estimate of drug-likeness (QED) is 0.582. The number of aliphatic imine (C=N–C) groups is 1. The highest BCUT2D eigenvalue weighted by molar-refractivity contribution is 5.66. The van der Waals surface area contributed by atoms with Gasteiger partial charge in [0.1, 0.15) is 0 Å². The first-order valence-electron chi connectivity index (χ1n) is 4.33. The van der Waals surface area contributed by atoms with Crippen LogP contribution in [0.3, 0.4) is 0 Å². The Morgan fingerprint density at radius 2 is 2.21 bits per heavy atom. The maximum absolute atomic E-state index is 10.1. The minimum absolute atomic E-state index is 0.121. The van der Waals surface area contributed by atoms with E-state index in [0.29, 0.717) is 12.1 Å². The SMILES string of the molecule is O=C=Nc1ccccc1C=CCCO. The van der Waals surface area contributed by atoms with Gasteiger partial charge in [-0.25, -0.2) is 4.79 Å². The molecule has 0 atom stereocenters. The van der Waals surface area contributed by atoms with E-state index in [1.165, 1.54) is 6.08 Å². The van der Waals surface area contributed by atoms with Crippen molar-refractivity contribution < 1.29 is 9.90 Å². The van der Waals surface area contributed by atoms with Crippen molar-refractivity contribution >= 4 is 17.8 Å². The van der Waals surface area contributed by atoms with Crippen LogP contribution >= 0.6 is 0 Å². The monoisotopic (exact) mass is 189 g/mol. The molecule has 0 aliphatic rings. The molecule has 0 saturated heterocycles. The van der Waals surface area contributed by atoms with Gasteiger partial charge in [0.15, 0.2) is 0 Å². The second-order valence-electron chi connectivity index (χ2n) is 2.68. The van der Waals surface area contributed by atoms with Gasteiger partial charge in [-0.3, -0.25) is 0 Å². The number of aliphatic hydroxyl groups is 1. The maximum Gasteiger partial charge on any atom is 0.240 e. The van der Waals surface area contributed by atoms with Gasteiger partial charge in [0.25, 0.3) is 0 Å². The number of para-hydroxylation sites is 1. The van der Waals surface area contributed by atoms with E-state index in [9.17, 15) is 4.79 Å². The van der Waals surface area contributed by atoms with E-state index < -0.39 is 0 Å². The van der Waals surface area contributed by atoms with Crippen LogP contribution in [-0.4, -0.2) is 17.8 Å². The maximum atomic E-state index is 10.1. The van der Waals surface area contributed by atoms with Crippen LogP contribution in [0.1, 0.15) is 12.0 Å². The minimum Gasteiger partial charge on any atom is -0.396 e. The molecule has 1 rings (SSSR count). The van der Waals surface area contributed by atoms with E-state index in [2.05, 4.69) is 4.99 Å². The molecule has 0 radical (unpaired) electrons. The molecule has 0 aromatic heterocycles. The van der Waals surface area contributed by atoms with Crippen molar-refractivity contribution in [1.82, 2.24) is 0 Å². The summed E-state index contributed by atoms with van der Waals surface area (Å²) in [5, 5.41) is 8.58. The van der Waals surface area contributed by atoms with Crippen molar-refractivity contribution in [2.45, 2.75) is 6.42 Å². The molecule has 0 saturated carbocycles. The first-order valence-corrected chi connectivity index (χ1v) is 4.33. The number of hydrogen-bond acceptors (Lipinski definition) is 3. The molecule has 0 amide bonds. The molecule has 0 aliphatic carbocycles. The van der Waals surface area contributed by atoms with Gasteiger partial charge in [-0.2, -0.15) is 4.99 Å². The molecule has 1 N–H and O–H groups in total. The zero-order valence-electron chi connectivity index (χ0n) is 7.68. The van der Waals surface area contributed by atoms with Gasteiger partial charge in [0.2, 0.25) is 6.08 Å². The lowest BCUT2D eigenvalue weighted by atomic mass is 10.1. The standard InChI is InChI=1S/C11H11NO2/c13-8-4-3-6-10-5-1-2-7-11(10)12-9-14/h1-3,5-7,13H,4,8H2. The predicted octanol–water partition coefficient (Wildman–Crippen LogP) is 2.05. The normalized spacial score (nSPS) is 10.1. The lowest BCUT2D eigenvalue weighted by Gasteiger charge is -1.96. The van der Waals surface area contributed by atoms with Gasteiger partial charge >= 0.3 is 0 Å². The number of benzene rings is 1. The molecule has 14 heavy (non-hydrogen) atoms. The molecule has 3 nitrogen and oxygen atoms in total. The molecule has 0 heterocycles. The van der Waals surface area contributed by atoms with Crippen LogP contribution in [0, 0.1) is 0 Å². The Morgan fingerprint density at radius 3 is 2.93 bits per heavy atom. The Labute approximate surface area is 82.4 Å². The van der Waals surface area contributed by atoms with Crippen molar-refractivity contribution in [2.75, 3.05) is 6.61 Å². The van der Waals surface area contributed by atoms with Crippen molar-refractivity contribution in [1.29, 1.82) is 0 Å². The summed E-state index contributed by atoms with van der Waals surface area (Å²) in [7, 11) is 0. The number of nitrogens with zero attached hydrogens (tertiary/aromatic N) is 1. The lowest BCUT2D eigenvalue weighted by Crippen LogP contribution is -1.77. The summed E-state index contributed by atoms with van der Waals surface area (Å²) in [5.74, 6) is 0. The van der Waals surface area contributed by atoms with E-state index in [1.54, 1.807) is 12.1 Å². The Bertz CT molecular complexity index is 365. The molecule has 0 fully saturated rings.